The SMILES string of the molecule is O=C(OCC1c2ccccc2-c2ccccc21)Oc1ccc(CSCc2ccc(OC(=O)OCC3c4ccccc4-c4ccccc43)cc2)cc1. The van der Waals surface area contributed by atoms with Gasteiger partial charge in [-0.05, 0) is 79.9 Å². The molecule has 6 aromatic rings. The summed E-state index contributed by atoms with van der Waals surface area (Å²) in [5.74, 6) is 2.40. The molecule has 51 heavy (non-hydrogen) atoms. The monoisotopic (exact) mass is 690 g/mol. The third kappa shape index (κ3) is 6.98. The summed E-state index contributed by atoms with van der Waals surface area (Å²) in [6.07, 6.45) is -1.44. The van der Waals surface area contributed by atoms with E-state index in [1.165, 1.54) is 22.3 Å². The molecule has 0 unspecified atom stereocenters. The van der Waals surface area contributed by atoms with E-state index in [4.69, 9.17) is 18.9 Å². The third-order valence-electron chi connectivity index (χ3n) is 9.45. The number of thioether (sulfide) groups is 1. The van der Waals surface area contributed by atoms with Crippen molar-refractivity contribution in [3.05, 3.63) is 179 Å². The van der Waals surface area contributed by atoms with Gasteiger partial charge in [0.1, 0.15) is 24.7 Å². The molecule has 6 nitrogen and oxygen atoms in total. The first-order chi connectivity index (χ1) is 25.1. The summed E-state index contributed by atoms with van der Waals surface area (Å²) in [6, 6.07) is 47.9. The van der Waals surface area contributed by atoms with E-state index in [9.17, 15) is 9.59 Å². The van der Waals surface area contributed by atoms with Crippen LogP contribution in [-0.4, -0.2) is 25.5 Å². The molecule has 0 aromatic heterocycles. The minimum Gasteiger partial charge on any atom is -0.433 e. The second-order valence-electron chi connectivity index (χ2n) is 12.6. The van der Waals surface area contributed by atoms with E-state index in [0.717, 1.165) is 44.9 Å². The summed E-state index contributed by atoms with van der Waals surface area (Å²) in [6.45, 7) is 0.425. The molecule has 0 fully saturated rings. The largest absolute Gasteiger partial charge is 0.513 e. The van der Waals surface area contributed by atoms with Crippen molar-refractivity contribution in [2.45, 2.75) is 23.3 Å². The molecule has 0 atom stereocenters. The maximum absolute atomic E-state index is 12.6. The van der Waals surface area contributed by atoms with Crippen LogP contribution in [0.2, 0.25) is 0 Å². The number of carbonyl (C=O) groups excluding carboxylic acids is 2. The Bertz CT molecular complexity index is 1950. The molecule has 0 spiro atoms. The third-order valence-corrected chi connectivity index (χ3v) is 10.5. The van der Waals surface area contributed by atoms with Crippen molar-refractivity contribution in [3.63, 3.8) is 0 Å². The predicted molar refractivity (Wildman–Crippen MR) is 199 cm³/mol. The van der Waals surface area contributed by atoms with Gasteiger partial charge in [-0.15, -0.1) is 0 Å². The Labute approximate surface area is 301 Å². The van der Waals surface area contributed by atoms with Gasteiger partial charge in [-0.3, -0.25) is 0 Å². The zero-order chi connectivity index (χ0) is 34.6. The summed E-state index contributed by atoms with van der Waals surface area (Å²) in [5.41, 5.74) is 11.6. The van der Waals surface area contributed by atoms with Gasteiger partial charge in [-0.25, -0.2) is 9.59 Å². The molecule has 0 aliphatic heterocycles. The summed E-state index contributed by atoms with van der Waals surface area (Å²) in [7, 11) is 0. The van der Waals surface area contributed by atoms with Gasteiger partial charge in [-0.2, -0.15) is 11.8 Å². The van der Waals surface area contributed by atoms with Crippen LogP contribution < -0.4 is 9.47 Å². The fraction of sp³-hybridized carbons (Fsp3) is 0.136. The topological polar surface area (TPSA) is 71.1 Å². The van der Waals surface area contributed by atoms with Crippen molar-refractivity contribution in [2.75, 3.05) is 13.2 Å². The number of carbonyl (C=O) groups is 2. The fourth-order valence-corrected chi connectivity index (χ4v) is 7.99. The van der Waals surface area contributed by atoms with Crippen LogP contribution in [0, 0.1) is 0 Å². The van der Waals surface area contributed by atoms with Gasteiger partial charge < -0.3 is 18.9 Å². The van der Waals surface area contributed by atoms with Crippen molar-refractivity contribution in [3.8, 4) is 33.8 Å². The van der Waals surface area contributed by atoms with Gasteiger partial charge in [-0.1, -0.05) is 121 Å². The van der Waals surface area contributed by atoms with Crippen LogP contribution in [0.4, 0.5) is 9.59 Å². The highest BCUT2D eigenvalue weighted by molar-refractivity contribution is 7.97. The molecular weight excluding hydrogens is 657 g/mol. The number of hydrogen-bond acceptors (Lipinski definition) is 7. The fourth-order valence-electron chi connectivity index (χ4n) is 7.03. The molecule has 8 rings (SSSR count). The number of fused-ring (bicyclic) bond motifs is 6. The molecule has 2 aliphatic carbocycles. The van der Waals surface area contributed by atoms with Crippen molar-refractivity contribution in [2.24, 2.45) is 0 Å². The van der Waals surface area contributed by atoms with Crippen molar-refractivity contribution in [1.29, 1.82) is 0 Å². The summed E-state index contributed by atoms with van der Waals surface area (Å²) < 4.78 is 22.1. The van der Waals surface area contributed by atoms with Crippen molar-refractivity contribution < 1.29 is 28.5 Å². The molecule has 0 heterocycles. The Morgan fingerprint density at radius 2 is 0.745 bits per heavy atom. The first-order valence-corrected chi connectivity index (χ1v) is 18.1. The van der Waals surface area contributed by atoms with Crippen LogP contribution in [0.5, 0.6) is 11.5 Å². The van der Waals surface area contributed by atoms with Gasteiger partial charge in [0, 0.05) is 23.3 Å². The van der Waals surface area contributed by atoms with Crippen molar-refractivity contribution >= 4 is 24.1 Å². The summed E-state index contributed by atoms with van der Waals surface area (Å²) in [5, 5.41) is 0. The van der Waals surface area contributed by atoms with Crippen LogP contribution in [0.25, 0.3) is 22.3 Å². The highest BCUT2D eigenvalue weighted by Gasteiger charge is 2.30. The van der Waals surface area contributed by atoms with E-state index >= 15 is 0 Å². The van der Waals surface area contributed by atoms with Gasteiger partial charge in [0.2, 0.25) is 0 Å². The lowest BCUT2D eigenvalue weighted by atomic mass is 9.98. The Kier molecular flexibility index (Phi) is 9.28. The number of benzene rings is 6. The van der Waals surface area contributed by atoms with Crippen LogP contribution in [0.3, 0.4) is 0 Å². The van der Waals surface area contributed by atoms with E-state index in [1.54, 1.807) is 36.0 Å². The molecule has 0 saturated carbocycles. The van der Waals surface area contributed by atoms with Gasteiger partial charge >= 0.3 is 12.3 Å². The van der Waals surface area contributed by atoms with E-state index in [1.807, 2.05) is 72.8 Å². The van der Waals surface area contributed by atoms with E-state index in [0.29, 0.717) is 11.5 Å². The standard InChI is InChI=1S/C44H34O6S/c45-43(47-25-41-37-13-5-1-9-33(37)34-10-2-6-14-38(34)41)49-31-21-17-29(18-22-31)27-51-28-30-19-23-32(24-20-30)50-44(46)48-26-42-39-15-7-3-11-35(39)36-12-4-8-16-40(36)42/h1-24,41-42H,25-28H2. The lowest BCUT2D eigenvalue weighted by molar-refractivity contribution is 0.0954. The van der Waals surface area contributed by atoms with Crippen LogP contribution in [0.15, 0.2) is 146 Å². The molecule has 6 aromatic carbocycles. The number of rotatable bonds is 10. The minimum absolute atomic E-state index is 0.0191. The van der Waals surface area contributed by atoms with Crippen LogP contribution in [-0.2, 0) is 21.0 Å². The molecule has 2 aliphatic rings. The molecule has 0 N–H and O–H groups in total. The first-order valence-electron chi connectivity index (χ1n) is 16.9. The second-order valence-corrected chi connectivity index (χ2v) is 13.5. The van der Waals surface area contributed by atoms with Crippen molar-refractivity contribution in [1.82, 2.24) is 0 Å². The quantitative estimate of drug-likeness (QED) is 0.105. The summed E-state index contributed by atoms with van der Waals surface area (Å²) >= 11 is 1.76. The van der Waals surface area contributed by atoms with E-state index in [2.05, 4.69) is 48.5 Å². The highest BCUT2D eigenvalue weighted by atomic mass is 32.2. The van der Waals surface area contributed by atoms with E-state index in [-0.39, 0.29) is 25.0 Å². The summed E-state index contributed by atoms with van der Waals surface area (Å²) in [4.78, 5) is 25.2. The van der Waals surface area contributed by atoms with Gasteiger partial charge in [0.25, 0.3) is 0 Å². The zero-order valence-electron chi connectivity index (χ0n) is 27.7. The Balaban J connectivity index is 0.769. The maximum Gasteiger partial charge on any atom is 0.513 e. The lowest BCUT2D eigenvalue weighted by Crippen LogP contribution is -2.15. The molecule has 0 amide bonds. The number of ether oxygens (including phenoxy) is 4. The van der Waals surface area contributed by atoms with Crippen LogP contribution >= 0.6 is 11.8 Å². The molecule has 0 bridgehead atoms. The second kappa shape index (κ2) is 14.6. The van der Waals surface area contributed by atoms with E-state index < -0.39 is 12.3 Å². The zero-order valence-corrected chi connectivity index (χ0v) is 28.5. The molecular formula is C44H34O6S. The molecule has 252 valence electrons. The smallest absolute Gasteiger partial charge is 0.433 e. The maximum atomic E-state index is 12.6. The Hall–Kier alpha value is -5.79. The lowest BCUT2D eigenvalue weighted by Gasteiger charge is -2.14. The van der Waals surface area contributed by atoms with Gasteiger partial charge in [0.05, 0.1) is 0 Å². The Morgan fingerprint density at radius 3 is 1.08 bits per heavy atom. The number of hydrogen-bond donors (Lipinski definition) is 0. The average Bonchev–Trinajstić information content (AvgIpc) is 3.67. The molecule has 7 heteroatoms. The predicted octanol–water partition coefficient (Wildman–Crippen LogP) is 10.8. The average molecular weight is 691 g/mol. The normalized spacial score (nSPS) is 12.7. The first kappa shape index (κ1) is 32.4. The Morgan fingerprint density at radius 1 is 0.431 bits per heavy atom. The molecule has 0 saturated heterocycles. The minimum atomic E-state index is -0.718. The highest BCUT2D eigenvalue weighted by Crippen LogP contribution is 2.45. The molecule has 0 radical (unpaired) electrons. The van der Waals surface area contributed by atoms with Crippen LogP contribution in [0.1, 0.15) is 45.2 Å². The van der Waals surface area contributed by atoms with Gasteiger partial charge in [0.15, 0.2) is 0 Å².